The summed E-state index contributed by atoms with van der Waals surface area (Å²) in [6.45, 7) is 0. The molecule has 0 aromatic rings. The monoisotopic (exact) mass is 113 g/mol. The fourth-order valence-electron chi connectivity index (χ4n) is 0. The van der Waals surface area contributed by atoms with Gasteiger partial charge < -0.3 is 11.5 Å². The number of nitrogens with two attached hydrogens (primary N) is 1. The zero-order valence-corrected chi connectivity index (χ0v) is 4.23. The second kappa shape index (κ2) is 4.14. The summed E-state index contributed by atoms with van der Waals surface area (Å²) in [7, 11) is 0. The molecular formula is CH6ClN2S+. The van der Waals surface area contributed by atoms with Gasteiger partial charge in [-0.15, -0.1) is 12.4 Å². The summed E-state index contributed by atoms with van der Waals surface area (Å²) in [6.07, 6.45) is 0. The lowest BCUT2D eigenvalue weighted by atomic mass is 11.3. The Labute approximate surface area is 41.9 Å². The lowest BCUT2D eigenvalue weighted by Gasteiger charge is -1.61. The van der Waals surface area contributed by atoms with Crippen molar-refractivity contribution in [2.24, 2.45) is 5.73 Å². The summed E-state index contributed by atoms with van der Waals surface area (Å²) in [4.78, 5) is 0. The number of rotatable bonds is 0. The van der Waals surface area contributed by atoms with E-state index in [0.717, 1.165) is 0 Å². The lowest BCUT2D eigenvalue weighted by Crippen LogP contribution is -2.60. The van der Waals surface area contributed by atoms with E-state index in [-0.39, 0.29) is 17.5 Å². The molecule has 0 aliphatic heterocycles. The molecule has 0 bridgehead atoms. The van der Waals surface area contributed by atoms with Crippen molar-refractivity contribution in [3.05, 3.63) is 0 Å². The van der Waals surface area contributed by atoms with Crippen LogP contribution in [0.2, 0.25) is 0 Å². The largest absolute Gasteiger partial charge is 0.345 e. The topological polar surface area (TPSA) is 53.7 Å². The second-order valence-corrected chi connectivity index (χ2v) is 0.991. The van der Waals surface area contributed by atoms with Gasteiger partial charge in [-0.1, -0.05) is 0 Å². The molecule has 0 heterocycles. The van der Waals surface area contributed by atoms with Gasteiger partial charge >= 0.3 is 0 Å². The van der Waals surface area contributed by atoms with Crippen molar-refractivity contribution in [1.82, 2.24) is 0 Å². The lowest BCUT2D eigenvalue weighted by molar-refractivity contribution is -0.210. The number of quaternary nitrogens is 1. The first kappa shape index (κ1) is 8.94. The zero-order valence-electron chi connectivity index (χ0n) is 2.60. The predicted molar refractivity (Wildman–Crippen MR) is 26.9 cm³/mol. The van der Waals surface area contributed by atoms with Crippen LogP contribution in [0.25, 0.3) is 0 Å². The molecule has 0 amide bonds. The smallest absolute Gasteiger partial charge is 0.262 e. The molecule has 32 valence electrons. The van der Waals surface area contributed by atoms with Crippen molar-refractivity contribution >= 4 is 29.7 Å². The first-order valence-corrected chi connectivity index (χ1v) is 1.25. The van der Waals surface area contributed by atoms with Crippen molar-refractivity contribution in [3.8, 4) is 0 Å². The SMILES string of the molecule is Cl.NC([NH3+])=S. The van der Waals surface area contributed by atoms with E-state index in [2.05, 4.69) is 18.0 Å². The maximum atomic E-state index is 4.73. The van der Waals surface area contributed by atoms with Crippen LogP contribution in [0.5, 0.6) is 0 Å². The van der Waals surface area contributed by atoms with E-state index in [1.54, 1.807) is 0 Å². The summed E-state index contributed by atoms with van der Waals surface area (Å²) in [6, 6.07) is 0. The van der Waals surface area contributed by atoms with Crippen molar-refractivity contribution in [2.45, 2.75) is 0 Å². The summed E-state index contributed by atoms with van der Waals surface area (Å²) < 4.78 is 0. The summed E-state index contributed by atoms with van der Waals surface area (Å²) in [5, 5.41) is 0.250. The van der Waals surface area contributed by atoms with Gasteiger partial charge in [-0.05, 0) is 0 Å². The summed E-state index contributed by atoms with van der Waals surface area (Å²) >= 11 is 4.20. The number of hydrogen-bond donors (Lipinski definition) is 2. The van der Waals surface area contributed by atoms with Crippen molar-refractivity contribution in [1.29, 1.82) is 0 Å². The third-order valence-corrected chi connectivity index (χ3v) is 0. The average molecular weight is 114 g/mol. The van der Waals surface area contributed by atoms with Crippen LogP contribution in [0, 0.1) is 0 Å². The molecular weight excluding hydrogens is 108 g/mol. The maximum absolute atomic E-state index is 4.73. The molecule has 0 aromatic heterocycles. The van der Waals surface area contributed by atoms with Crippen molar-refractivity contribution in [3.63, 3.8) is 0 Å². The minimum Gasteiger partial charge on any atom is -0.345 e. The van der Waals surface area contributed by atoms with Crippen LogP contribution in [0.3, 0.4) is 0 Å². The zero-order chi connectivity index (χ0) is 3.58. The van der Waals surface area contributed by atoms with E-state index in [1.807, 2.05) is 0 Å². The molecule has 0 spiro atoms. The fourth-order valence-corrected chi connectivity index (χ4v) is 0. The van der Waals surface area contributed by atoms with Gasteiger partial charge in [0.25, 0.3) is 5.11 Å². The summed E-state index contributed by atoms with van der Waals surface area (Å²) in [5.74, 6) is 0. The Morgan fingerprint density at radius 2 is 1.80 bits per heavy atom. The Morgan fingerprint density at radius 1 is 1.80 bits per heavy atom. The van der Waals surface area contributed by atoms with Gasteiger partial charge in [0.1, 0.15) is 0 Å². The predicted octanol–water partition coefficient (Wildman–Crippen LogP) is -1.11. The van der Waals surface area contributed by atoms with Crippen LogP contribution in [-0.4, -0.2) is 5.11 Å². The van der Waals surface area contributed by atoms with E-state index < -0.39 is 0 Å². The third-order valence-electron chi connectivity index (χ3n) is 0. The van der Waals surface area contributed by atoms with E-state index >= 15 is 0 Å². The molecule has 5 N–H and O–H groups in total. The van der Waals surface area contributed by atoms with Crippen LogP contribution >= 0.6 is 24.6 Å². The molecule has 0 aliphatic carbocycles. The highest BCUT2D eigenvalue weighted by molar-refractivity contribution is 7.79. The van der Waals surface area contributed by atoms with Gasteiger partial charge in [0.15, 0.2) is 0 Å². The van der Waals surface area contributed by atoms with E-state index in [4.69, 9.17) is 5.73 Å². The van der Waals surface area contributed by atoms with Crippen LogP contribution in [0.1, 0.15) is 0 Å². The first-order chi connectivity index (χ1) is 1.73. The molecule has 2 nitrogen and oxygen atoms in total. The number of hydrogen-bond acceptors (Lipinski definition) is 1. The standard InChI is InChI=1S/CH4N2S.ClH/c2-1(3)4;/h(H4,2,3,4);1H/p+1. The van der Waals surface area contributed by atoms with Gasteiger partial charge in [0, 0.05) is 12.2 Å². The molecule has 0 rings (SSSR count). The Balaban J connectivity index is 0. The second-order valence-electron chi connectivity index (χ2n) is 0.466. The molecule has 0 fully saturated rings. The quantitative estimate of drug-likeness (QED) is 0.392. The molecule has 4 heteroatoms. The normalized spacial score (nSPS) is 5.00. The molecule has 0 atom stereocenters. The van der Waals surface area contributed by atoms with E-state index in [0.29, 0.717) is 0 Å². The minimum atomic E-state index is 0. The molecule has 0 radical (unpaired) electrons. The molecule has 0 saturated carbocycles. The molecule has 0 unspecified atom stereocenters. The average Bonchev–Trinajstić information content (AvgIpc) is 0.811. The van der Waals surface area contributed by atoms with Gasteiger partial charge in [0.05, 0.1) is 0 Å². The Bertz CT molecular complexity index is 32.6. The maximum Gasteiger partial charge on any atom is 0.262 e. The van der Waals surface area contributed by atoms with Crippen LogP contribution in [-0.2, 0) is 0 Å². The van der Waals surface area contributed by atoms with Crippen LogP contribution in [0.4, 0.5) is 0 Å². The molecule has 5 heavy (non-hydrogen) atoms. The molecule has 0 aliphatic rings. The summed E-state index contributed by atoms with van der Waals surface area (Å²) in [5.41, 5.74) is 7.88. The van der Waals surface area contributed by atoms with Crippen LogP contribution < -0.4 is 11.5 Å². The van der Waals surface area contributed by atoms with Crippen molar-refractivity contribution in [2.75, 3.05) is 0 Å². The fraction of sp³-hybridized carbons (Fsp3) is 0. The van der Waals surface area contributed by atoms with Crippen LogP contribution in [0.15, 0.2) is 0 Å². The highest BCUT2D eigenvalue weighted by atomic mass is 35.5. The van der Waals surface area contributed by atoms with Crippen molar-refractivity contribution < 1.29 is 5.73 Å². The van der Waals surface area contributed by atoms with Gasteiger partial charge in [-0.25, -0.2) is 0 Å². The first-order valence-electron chi connectivity index (χ1n) is 0.846. The number of thiocarbonyl (C=S) groups is 1. The minimum absolute atomic E-state index is 0. The Kier molecular flexibility index (Phi) is 7.40. The highest BCUT2D eigenvalue weighted by Gasteiger charge is 1.61. The third kappa shape index (κ3) is 967. The Hall–Kier alpha value is 0.140. The van der Waals surface area contributed by atoms with E-state index in [9.17, 15) is 0 Å². The molecule has 0 aromatic carbocycles. The van der Waals surface area contributed by atoms with Gasteiger partial charge in [-0.3, -0.25) is 0 Å². The number of halogens is 1. The Morgan fingerprint density at radius 3 is 1.80 bits per heavy atom. The van der Waals surface area contributed by atoms with Gasteiger partial charge in [0.2, 0.25) is 0 Å². The van der Waals surface area contributed by atoms with Gasteiger partial charge in [-0.2, -0.15) is 0 Å². The highest BCUT2D eigenvalue weighted by Crippen LogP contribution is 1.27. The van der Waals surface area contributed by atoms with E-state index in [1.165, 1.54) is 0 Å². The molecule has 0 saturated heterocycles.